The highest BCUT2D eigenvalue weighted by Crippen LogP contribution is 2.34. The summed E-state index contributed by atoms with van der Waals surface area (Å²) in [6.07, 6.45) is 0.404. The number of aromatic nitrogens is 2. The van der Waals surface area contributed by atoms with Crippen LogP contribution in [0, 0.1) is 5.82 Å². The lowest BCUT2D eigenvalue weighted by Gasteiger charge is -2.17. The molecule has 212 valence electrons. The highest BCUT2D eigenvalue weighted by Gasteiger charge is 2.32. The number of rotatable bonds is 7. The molecule has 1 atom stereocenters. The minimum atomic E-state index is -4.97. The van der Waals surface area contributed by atoms with Crippen molar-refractivity contribution in [1.82, 2.24) is 15.0 Å². The summed E-state index contributed by atoms with van der Waals surface area (Å²) in [5.74, 6) is -2.72. The fourth-order valence-electron chi connectivity index (χ4n) is 4.21. The number of carbonyl (C=O) groups excluding carboxylic acids is 1. The maximum Gasteiger partial charge on any atom is 0.573 e. The summed E-state index contributed by atoms with van der Waals surface area (Å²) in [5, 5.41) is 13.7. The number of fused-ring (bicyclic) bond motifs is 1. The number of aliphatic carboxylic acids is 1. The van der Waals surface area contributed by atoms with Gasteiger partial charge in [0.1, 0.15) is 0 Å². The van der Waals surface area contributed by atoms with Gasteiger partial charge < -0.3 is 9.84 Å². The fraction of sp³-hybridized carbons (Fsp3) is 0.207. The van der Waals surface area contributed by atoms with Gasteiger partial charge in [-0.05, 0) is 52.9 Å². The van der Waals surface area contributed by atoms with E-state index in [4.69, 9.17) is 5.11 Å². The second-order valence-electron chi connectivity index (χ2n) is 8.97. The van der Waals surface area contributed by atoms with E-state index in [1.807, 2.05) is 25.1 Å². The van der Waals surface area contributed by atoms with Crippen molar-refractivity contribution in [2.45, 2.75) is 38.6 Å². The van der Waals surface area contributed by atoms with Crippen LogP contribution in [-0.2, 0) is 9.59 Å². The van der Waals surface area contributed by atoms with E-state index in [2.05, 4.69) is 19.8 Å². The van der Waals surface area contributed by atoms with E-state index in [-0.39, 0.29) is 6.04 Å². The number of carboxylic acids is 1. The molecule has 1 aromatic heterocycles. The molecule has 5 rings (SSSR count). The van der Waals surface area contributed by atoms with E-state index in [1.165, 1.54) is 11.1 Å². The number of hydrazone groups is 1. The highest BCUT2D eigenvalue weighted by molar-refractivity contribution is 6.02. The van der Waals surface area contributed by atoms with E-state index < -0.39 is 23.9 Å². The molecule has 1 aliphatic heterocycles. The molecule has 12 heteroatoms. The molecule has 1 N–H and O–H groups in total. The van der Waals surface area contributed by atoms with Crippen molar-refractivity contribution in [2.75, 3.05) is 0 Å². The first-order valence-electron chi connectivity index (χ1n) is 12.5. The van der Waals surface area contributed by atoms with E-state index in [9.17, 15) is 27.2 Å². The zero-order valence-corrected chi connectivity index (χ0v) is 21.7. The number of ether oxygens (including phenoxy) is 1. The Bertz CT molecular complexity index is 1580. The van der Waals surface area contributed by atoms with Crippen LogP contribution in [0.4, 0.5) is 17.6 Å². The van der Waals surface area contributed by atoms with Crippen molar-refractivity contribution >= 4 is 29.1 Å². The Kier molecular flexibility index (Phi) is 8.91. The molecule has 41 heavy (non-hydrogen) atoms. The summed E-state index contributed by atoms with van der Waals surface area (Å²) in [6, 6.07) is 15.5. The number of amides is 1. The first-order chi connectivity index (χ1) is 19.6. The third-order valence-corrected chi connectivity index (χ3v) is 6.10. The summed E-state index contributed by atoms with van der Waals surface area (Å²) in [4.78, 5) is 29.9. The van der Waals surface area contributed by atoms with Crippen LogP contribution in [-0.4, -0.2) is 44.5 Å². The average molecular weight is 569 g/mol. The number of hydrogen-bond donors (Lipinski definition) is 1. The average Bonchev–Trinajstić information content (AvgIpc) is 3.38. The van der Waals surface area contributed by atoms with Gasteiger partial charge in [-0.3, -0.25) is 19.6 Å². The molecule has 3 aromatic carbocycles. The highest BCUT2D eigenvalue weighted by atomic mass is 19.4. The largest absolute Gasteiger partial charge is 0.573 e. The summed E-state index contributed by atoms with van der Waals surface area (Å²) in [7, 11) is 0. The summed E-state index contributed by atoms with van der Waals surface area (Å²) in [6.45, 7) is 1.84. The molecule has 2 heterocycles. The Balaban J connectivity index is 0.000000585. The van der Waals surface area contributed by atoms with Gasteiger partial charge in [0, 0.05) is 25.2 Å². The van der Waals surface area contributed by atoms with Crippen LogP contribution < -0.4 is 4.74 Å². The predicted molar refractivity (Wildman–Crippen MR) is 142 cm³/mol. The molecule has 8 nitrogen and oxygen atoms in total. The molecule has 0 fully saturated rings. The Morgan fingerprint density at radius 2 is 1.66 bits per heavy atom. The van der Waals surface area contributed by atoms with Gasteiger partial charge in [-0.25, -0.2) is 9.40 Å². The topological polar surface area (TPSA) is 105 Å². The van der Waals surface area contributed by atoms with Crippen molar-refractivity contribution in [3.63, 3.8) is 0 Å². The quantitative estimate of drug-likeness (QED) is 0.201. The molecule has 0 aliphatic carbocycles. The Labute approximate surface area is 231 Å². The SMILES string of the molecule is CCCC(=O)O.O=CN1N=C(c2ccc(-c3ccc(OC(F)(F)F)c(F)c3)cc2)CC1c1ccc2nccnc2c1. The number of nitrogens with zero attached hydrogens (tertiary/aromatic N) is 4. The molecule has 0 radical (unpaired) electrons. The van der Waals surface area contributed by atoms with Gasteiger partial charge in [0.15, 0.2) is 11.6 Å². The Morgan fingerprint density at radius 3 is 2.24 bits per heavy atom. The van der Waals surface area contributed by atoms with E-state index >= 15 is 0 Å². The van der Waals surface area contributed by atoms with Gasteiger partial charge in [0.2, 0.25) is 6.41 Å². The summed E-state index contributed by atoms with van der Waals surface area (Å²) < 4.78 is 54.8. The molecule has 1 amide bonds. The first-order valence-corrected chi connectivity index (χ1v) is 12.5. The zero-order valence-electron chi connectivity index (χ0n) is 21.7. The maximum absolute atomic E-state index is 14.1. The fourth-order valence-corrected chi connectivity index (χ4v) is 4.21. The van der Waals surface area contributed by atoms with Gasteiger partial charge in [-0.1, -0.05) is 43.3 Å². The maximum atomic E-state index is 14.1. The van der Waals surface area contributed by atoms with Crippen LogP contribution in [0.15, 0.2) is 78.2 Å². The molecule has 1 unspecified atom stereocenters. The van der Waals surface area contributed by atoms with E-state index in [1.54, 1.807) is 36.7 Å². The monoisotopic (exact) mass is 568 g/mol. The van der Waals surface area contributed by atoms with Crippen molar-refractivity contribution in [2.24, 2.45) is 5.10 Å². The number of hydrogen-bond acceptors (Lipinski definition) is 6. The van der Waals surface area contributed by atoms with Gasteiger partial charge in [-0.2, -0.15) is 5.10 Å². The lowest BCUT2D eigenvalue weighted by atomic mass is 9.96. The second-order valence-corrected chi connectivity index (χ2v) is 8.97. The lowest BCUT2D eigenvalue weighted by molar-refractivity contribution is -0.275. The van der Waals surface area contributed by atoms with Crippen molar-refractivity contribution < 1.29 is 37.0 Å². The minimum Gasteiger partial charge on any atom is -0.481 e. The molecule has 0 saturated heterocycles. The van der Waals surface area contributed by atoms with Gasteiger partial charge in [0.05, 0.1) is 22.8 Å². The van der Waals surface area contributed by atoms with Crippen LogP contribution >= 0.6 is 0 Å². The molecule has 0 bridgehead atoms. The predicted octanol–water partition coefficient (Wildman–Crippen LogP) is 6.51. The number of benzene rings is 3. The minimum absolute atomic E-state index is 0.292. The number of carbonyl (C=O) groups is 2. The van der Waals surface area contributed by atoms with Crippen molar-refractivity contribution in [3.05, 3.63) is 90.0 Å². The third kappa shape index (κ3) is 7.41. The van der Waals surface area contributed by atoms with Crippen LogP contribution in [0.1, 0.15) is 43.4 Å². The molecular weight excluding hydrogens is 544 g/mol. The third-order valence-electron chi connectivity index (χ3n) is 6.10. The smallest absolute Gasteiger partial charge is 0.481 e. The molecule has 4 aromatic rings. The van der Waals surface area contributed by atoms with Crippen molar-refractivity contribution in [1.29, 1.82) is 0 Å². The van der Waals surface area contributed by atoms with Gasteiger partial charge in [-0.15, -0.1) is 13.2 Å². The van der Waals surface area contributed by atoms with Crippen LogP contribution in [0.5, 0.6) is 5.75 Å². The van der Waals surface area contributed by atoms with Gasteiger partial charge in [0.25, 0.3) is 0 Å². The Hall–Kier alpha value is -4.87. The molecule has 0 spiro atoms. The van der Waals surface area contributed by atoms with Crippen LogP contribution in [0.2, 0.25) is 0 Å². The normalized spacial score (nSPS) is 14.7. The number of carboxylic acid groups (broad SMARTS) is 1. The zero-order chi connectivity index (χ0) is 29.6. The van der Waals surface area contributed by atoms with Crippen molar-refractivity contribution in [3.8, 4) is 16.9 Å². The molecular formula is C29H24F4N4O4. The number of halogens is 4. The second kappa shape index (κ2) is 12.5. The number of alkyl halides is 3. The van der Waals surface area contributed by atoms with Crippen LogP contribution in [0.3, 0.4) is 0 Å². The Morgan fingerprint density at radius 1 is 1.00 bits per heavy atom. The molecule has 0 saturated carbocycles. The van der Waals surface area contributed by atoms with E-state index in [0.717, 1.165) is 35.2 Å². The van der Waals surface area contributed by atoms with E-state index in [0.29, 0.717) is 41.6 Å². The van der Waals surface area contributed by atoms with Crippen LogP contribution in [0.25, 0.3) is 22.2 Å². The summed E-state index contributed by atoms with van der Waals surface area (Å²) in [5.41, 5.74) is 4.78. The lowest BCUT2D eigenvalue weighted by Crippen LogP contribution is -2.17. The van der Waals surface area contributed by atoms with Gasteiger partial charge >= 0.3 is 12.3 Å². The standard InChI is InChI=1S/C25H16F4N4O2.C4H8O2/c26-19-11-17(6-8-24(19)35-25(27,28)29)15-1-3-16(4-2-15)21-13-23(33(14-34)32-21)18-5-7-20-22(12-18)31-10-9-30-20;1-2-3-4(5)6/h1-12,14,23H,13H2;2-3H2,1H3,(H,5,6). The molecule has 1 aliphatic rings. The first kappa shape index (κ1) is 29.1. The summed E-state index contributed by atoms with van der Waals surface area (Å²) >= 11 is 0.